The van der Waals surface area contributed by atoms with Crippen LogP contribution in [-0.2, 0) is 5.54 Å². The summed E-state index contributed by atoms with van der Waals surface area (Å²) in [7, 11) is 0. The van der Waals surface area contributed by atoms with Gasteiger partial charge in [0.05, 0.1) is 6.20 Å². The minimum absolute atomic E-state index is 0.190. The van der Waals surface area contributed by atoms with Crippen LogP contribution in [0.1, 0.15) is 30.5 Å². The molecule has 0 unspecified atom stereocenters. The number of nitrogens with two attached hydrogens (primary N) is 1. The van der Waals surface area contributed by atoms with Gasteiger partial charge in [-0.05, 0) is 49.9 Å². The van der Waals surface area contributed by atoms with E-state index >= 15 is 0 Å². The summed E-state index contributed by atoms with van der Waals surface area (Å²) in [6.07, 6.45) is 5.03. The molecule has 0 aliphatic heterocycles. The van der Waals surface area contributed by atoms with Crippen molar-refractivity contribution in [1.29, 1.82) is 0 Å². The Balaban J connectivity index is 1.55. The van der Waals surface area contributed by atoms with Gasteiger partial charge >= 0.3 is 0 Å². The SMILES string of the molecule is Cc1cc(-c2ncc3nc(-c4ccccc4)n(-c4ccc(C5(N)CCC5)cc4)c3n2)n[nH]1. The molecule has 7 heteroatoms. The van der Waals surface area contributed by atoms with Crippen molar-refractivity contribution in [3.05, 3.63) is 78.1 Å². The molecule has 0 saturated heterocycles. The van der Waals surface area contributed by atoms with Crippen molar-refractivity contribution >= 4 is 11.2 Å². The molecular formula is C25H23N7. The van der Waals surface area contributed by atoms with E-state index in [0.29, 0.717) is 11.5 Å². The van der Waals surface area contributed by atoms with Crippen molar-refractivity contribution in [3.63, 3.8) is 0 Å². The van der Waals surface area contributed by atoms with Gasteiger partial charge in [0.15, 0.2) is 11.5 Å². The smallest absolute Gasteiger partial charge is 0.182 e. The summed E-state index contributed by atoms with van der Waals surface area (Å²) < 4.78 is 2.09. The van der Waals surface area contributed by atoms with Crippen molar-refractivity contribution in [3.8, 4) is 28.6 Å². The van der Waals surface area contributed by atoms with Crippen molar-refractivity contribution in [2.45, 2.75) is 31.7 Å². The molecule has 3 aromatic heterocycles. The van der Waals surface area contributed by atoms with Gasteiger partial charge in [0.25, 0.3) is 0 Å². The number of hydrogen-bond acceptors (Lipinski definition) is 5. The number of rotatable bonds is 4. The van der Waals surface area contributed by atoms with Gasteiger partial charge in [-0.3, -0.25) is 9.67 Å². The minimum atomic E-state index is -0.190. The Morgan fingerprint density at radius 3 is 2.44 bits per heavy atom. The molecule has 1 fully saturated rings. The van der Waals surface area contributed by atoms with E-state index in [2.05, 4.69) is 56.1 Å². The molecule has 1 saturated carbocycles. The quantitative estimate of drug-likeness (QED) is 0.445. The second-order valence-corrected chi connectivity index (χ2v) is 8.53. The summed E-state index contributed by atoms with van der Waals surface area (Å²) in [6, 6.07) is 20.6. The standard InChI is InChI=1S/C25H23N7/c1-16-14-20(31-30-16)22-27-15-21-24(29-22)32(23(28-21)17-6-3-2-4-7-17)19-10-8-18(9-11-19)25(26)12-5-13-25/h2-4,6-11,14-15H,5,12-13,26H2,1H3,(H,30,31). The number of aromatic nitrogens is 6. The van der Waals surface area contributed by atoms with Gasteiger partial charge in [0.2, 0.25) is 0 Å². The lowest BCUT2D eigenvalue weighted by atomic mass is 9.73. The molecule has 2 aromatic carbocycles. The van der Waals surface area contributed by atoms with Crippen LogP contribution in [0.3, 0.4) is 0 Å². The number of imidazole rings is 1. The summed E-state index contributed by atoms with van der Waals surface area (Å²) in [5, 5.41) is 7.28. The largest absolute Gasteiger partial charge is 0.321 e. The molecule has 1 aliphatic rings. The average Bonchev–Trinajstić information content (AvgIpc) is 3.41. The van der Waals surface area contributed by atoms with Crippen LogP contribution in [0.15, 0.2) is 66.9 Å². The molecule has 3 heterocycles. The minimum Gasteiger partial charge on any atom is -0.321 e. The summed E-state index contributed by atoms with van der Waals surface area (Å²) in [5.41, 5.74) is 12.7. The number of aromatic amines is 1. The second kappa shape index (κ2) is 7.10. The molecule has 1 aliphatic carbocycles. The number of hydrogen-bond donors (Lipinski definition) is 2. The Labute approximate surface area is 185 Å². The van der Waals surface area contributed by atoms with Gasteiger partial charge in [-0.1, -0.05) is 42.5 Å². The summed E-state index contributed by atoms with van der Waals surface area (Å²) in [6.45, 7) is 1.96. The molecular weight excluding hydrogens is 398 g/mol. The highest BCUT2D eigenvalue weighted by atomic mass is 15.2. The van der Waals surface area contributed by atoms with E-state index in [1.54, 1.807) is 6.20 Å². The third kappa shape index (κ3) is 3.01. The maximum absolute atomic E-state index is 6.54. The van der Waals surface area contributed by atoms with Crippen LogP contribution in [0.25, 0.3) is 39.8 Å². The van der Waals surface area contributed by atoms with Crippen molar-refractivity contribution < 1.29 is 0 Å². The zero-order chi connectivity index (χ0) is 21.7. The fraction of sp³-hybridized carbons (Fsp3) is 0.200. The molecule has 6 rings (SSSR count). The van der Waals surface area contributed by atoms with Crippen LogP contribution in [0, 0.1) is 6.92 Å². The highest BCUT2D eigenvalue weighted by Crippen LogP contribution is 2.39. The number of H-pyrrole nitrogens is 1. The fourth-order valence-electron chi connectivity index (χ4n) is 4.34. The third-order valence-electron chi connectivity index (χ3n) is 6.31. The number of benzene rings is 2. The monoisotopic (exact) mass is 421 g/mol. The lowest BCUT2D eigenvalue weighted by Gasteiger charge is -2.38. The van der Waals surface area contributed by atoms with Crippen LogP contribution in [0.2, 0.25) is 0 Å². The third-order valence-corrected chi connectivity index (χ3v) is 6.31. The first-order valence-electron chi connectivity index (χ1n) is 10.8. The van der Waals surface area contributed by atoms with Gasteiger partial charge in [-0.25, -0.2) is 15.0 Å². The first kappa shape index (κ1) is 18.9. The van der Waals surface area contributed by atoms with Gasteiger partial charge in [-0.15, -0.1) is 0 Å². The second-order valence-electron chi connectivity index (χ2n) is 8.53. The Kier molecular flexibility index (Phi) is 4.19. The van der Waals surface area contributed by atoms with Crippen LogP contribution in [0.5, 0.6) is 0 Å². The van der Waals surface area contributed by atoms with Crippen molar-refractivity contribution in [2.24, 2.45) is 5.73 Å². The van der Waals surface area contributed by atoms with Gasteiger partial charge in [0.1, 0.15) is 17.0 Å². The first-order chi connectivity index (χ1) is 15.6. The molecule has 7 nitrogen and oxygen atoms in total. The van der Waals surface area contributed by atoms with E-state index in [9.17, 15) is 0 Å². The molecule has 5 aromatic rings. The van der Waals surface area contributed by atoms with E-state index in [1.165, 1.54) is 12.0 Å². The lowest BCUT2D eigenvalue weighted by molar-refractivity contribution is 0.253. The summed E-state index contributed by atoms with van der Waals surface area (Å²) in [4.78, 5) is 14.3. The molecule has 0 bridgehead atoms. The Hall–Kier alpha value is -3.84. The highest BCUT2D eigenvalue weighted by molar-refractivity contribution is 5.80. The summed E-state index contributed by atoms with van der Waals surface area (Å²) in [5.74, 6) is 1.39. The predicted octanol–water partition coefficient (Wildman–Crippen LogP) is 4.52. The first-order valence-corrected chi connectivity index (χ1v) is 10.8. The Morgan fingerprint density at radius 2 is 1.78 bits per heavy atom. The number of nitrogens with one attached hydrogen (secondary N) is 1. The maximum Gasteiger partial charge on any atom is 0.182 e. The Morgan fingerprint density at radius 1 is 1.00 bits per heavy atom. The van der Waals surface area contributed by atoms with E-state index in [0.717, 1.165) is 46.8 Å². The zero-order valence-electron chi connectivity index (χ0n) is 17.8. The van der Waals surface area contributed by atoms with Crippen LogP contribution < -0.4 is 5.73 Å². The van der Waals surface area contributed by atoms with Gasteiger partial charge in [0, 0.05) is 22.5 Å². The van der Waals surface area contributed by atoms with E-state index in [1.807, 2.05) is 31.2 Å². The number of aryl methyl sites for hydroxylation is 1. The van der Waals surface area contributed by atoms with Crippen molar-refractivity contribution in [1.82, 2.24) is 29.7 Å². The molecule has 0 radical (unpaired) electrons. The molecule has 0 amide bonds. The van der Waals surface area contributed by atoms with E-state index in [-0.39, 0.29) is 5.54 Å². The average molecular weight is 422 g/mol. The topological polar surface area (TPSA) is 98.3 Å². The normalized spacial score (nSPS) is 15.1. The molecule has 3 N–H and O–H groups in total. The maximum atomic E-state index is 6.54. The van der Waals surface area contributed by atoms with Gasteiger partial charge < -0.3 is 5.73 Å². The zero-order valence-corrected chi connectivity index (χ0v) is 17.8. The lowest BCUT2D eigenvalue weighted by Crippen LogP contribution is -2.43. The number of nitrogens with zero attached hydrogens (tertiary/aromatic N) is 5. The van der Waals surface area contributed by atoms with Crippen LogP contribution in [-0.4, -0.2) is 29.7 Å². The molecule has 0 atom stereocenters. The van der Waals surface area contributed by atoms with E-state index < -0.39 is 0 Å². The van der Waals surface area contributed by atoms with Crippen LogP contribution >= 0.6 is 0 Å². The number of fused-ring (bicyclic) bond motifs is 1. The van der Waals surface area contributed by atoms with Crippen molar-refractivity contribution in [2.75, 3.05) is 0 Å². The van der Waals surface area contributed by atoms with Gasteiger partial charge in [-0.2, -0.15) is 5.10 Å². The summed E-state index contributed by atoms with van der Waals surface area (Å²) >= 11 is 0. The van der Waals surface area contributed by atoms with Crippen LogP contribution in [0.4, 0.5) is 0 Å². The predicted molar refractivity (Wildman–Crippen MR) is 124 cm³/mol. The molecule has 0 spiro atoms. The molecule has 158 valence electrons. The molecule has 32 heavy (non-hydrogen) atoms. The highest BCUT2D eigenvalue weighted by Gasteiger charge is 2.34. The van der Waals surface area contributed by atoms with E-state index in [4.69, 9.17) is 15.7 Å². The fourth-order valence-corrected chi connectivity index (χ4v) is 4.34. The Bertz CT molecular complexity index is 1410.